The van der Waals surface area contributed by atoms with Gasteiger partial charge in [0.1, 0.15) is 5.83 Å². The Labute approximate surface area is 153 Å². The van der Waals surface area contributed by atoms with Gasteiger partial charge in [0.15, 0.2) is 0 Å². The summed E-state index contributed by atoms with van der Waals surface area (Å²) in [6, 6.07) is 8.66. The van der Waals surface area contributed by atoms with Crippen molar-refractivity contribution in [1.29, 1.82) is 0 Å². The van der Waals surface area contributed by atoms with Gasteiger partial charge in [-0.3, -0.25) is 4.98 Å². The zero-order valence-electron chi connectivity index (χ0n) is 13.6. The Morgan fingerprint density at radius 1 is 1.36 bits per heavy atom. The highest BCUT2D eigenvalue weighted by Gasteiger charge is 2.12. The molecule has 0 radical (unpaired) electrons. The standard InChI is InChI=1S/C18H18BrFN2O3/c1-12-14(3-2-4-15(12)19)9-16(20)17-6-5-13(10-21-17)11-22(7-8-23)18(24)25/h2-6,9-10,23H,7-8,11H2,1H3,(H,24,25). The van der Waals surface area contributed by atoms with Crippen LogP contribution in [0.15, 0.2) is 41.0 Å². The number of hydrogen-bond donors (Lipinski definition) is 2. The molecule has 0 saturated heterocycles. The number of aromatic nitrogens is 1. The van der Waals surface area contributed by atoms with E-state index in [1.165, 1.54) is 18.3 Å². The fraction of sp³-hybridized carbons (Fsp3) is 0.222. The Bertz CT molecular complexity index is 778. The monoisotopic (exact) mass is 408 g/mol. The third-order valence-electron chi connectivity index (χ3n) is 3.68. The number of hydrogen-bond acceptors (Lipinski definition) is 3. The van der Waals surface area contributed by atoms with Gasteiger partial charge in [0.25, 0.3) is 0 Å². The molecule has 7 heteroatoms. The van der Waals surface area contributed by atoms with Gasteiger partial charge in [-0.2, -0.15) is 0 Å². The maximum Gasteiger partial charge on any atom is 0.407 e. The second-order valence-corrected chi connectivity index (χ2v) is 6.28. The van der Waals surface area contributed by atoms with E-state index in [1.807, 2.05) is 25.1 Å². The third kappa shape index (κ3) is 5.11. The molecule has 0 unspecified atom stereocenters. The van der Waals surface area contributed by atoms with E-state index in [0.29, 0.717) is 5.56 Å². The maximum atomic E-state index is 14.4. The van der Waals surface area contributed by atoms with Crippen LogP contribution in [0.5, 0.6) is 0 Å². The molecule has 1 aromatic heterocycles. The van der Waals surface area contributed by atoms with Crippen molar-refractivity contribution >= 4 is 33.9 Å². The summed E-state index contributed by atoms with van der Waals surface area (Å²) in [6.07, 6.45) is 1.72. The molecule has 0 aliphatic carbocycles. The molecular weight excluding hydrogens is 391 g/mol. The zero-order chi connectivity index (χ0) is 18.4. The molecule has 132 valence electrons. The minimum absolute atomic E-state index is 0.00745. The summed E-state index contributed by atoms with van der Waals surface area (Å²) in [6.45, 7) is 1.72. The molecule has 1 aromatic carbocycles. The highest BCUT2D eigenvalue weighted by Crippen LogP contribution is 2.24. The molecule has 5 nitrogen and oxygen atoms in total. The number of pyridine rings is 1. The fourth-order valence-electron chi connectivity index (χ4n) is 2.23. The lowest BCUT2D eigenvalue weighted by molar-refractivity contribution is 0.129. The normalized spacial score (nSPS) is 11.4. The van der Waals surface area contributed by atoms with Crippen LogP contribution >= 0.6 is 15.9 Å². The molecule has 1 amide bonds. The van der Waals surface area contributed by atoms with Crippen LogP contribution in [0.4, 0.5) is 9.18 Å². The van der Waals surface area contributed by atoms with Gasteiger partial charge in [0, 0.05) is 17.2 Å². The number of amides is 1. The number of carbonyl (C=O) groups is 1. The van der Waals surface area contributed by atoms with Crippen molar-refractivity contribution in [1.82, 2.24) is 9.88 Å². The van der Waals surface area contributed by atoms with Crippen LogP contribution in [0.3, 0.4) is 0 Å². The van der Waals surface area contributed by atoms with Crippen molar-refractivity contribution in [2.75, 3.05) is 13.2 Å². The van der Waals surface area contributed by atoms with Gasteiger partial charge < -0.3 is 15.1 Å². The molecular formula is C18H18BrFN2O3. The lowest BCUT2D eigenvalue weighted by Gasteiger charge is -2.17. The van der Waals surface area contributed by atoms with E-state index in [4.69, 9.17) is 10.2 Å². The van der Waals surface area contributed by atoms with Gasteiger partial charge in [-0.25, -0.2) is 9.18 Å². The second kappa shape index (κ2) is 8.73. The van der Waals surface area contributed by atoms with Gasteiger partial charge in [0.05, 0.1) is 18.8 Å². The summed E-state index contributed by atoms with van der Waals surface area (Å²) in [4.78, 5) is 16.2. The van der Waals surface area contributed by atoms with Crippen LogP contribution in [-0.4, -0.2) is 39.3 Å². The summed E-state index contributed by atoms with van der Waals surface area (Å²) in [7, 11) is 0. The highest BCUT2D eigenvalue weighted by atomic mass is 79.9. The summed E-state index contributed by atoms with van der Waals surface area (Å²) in [5, 5.41) is 17.9. The van der Waals surface area contributed by atoms with Crippen molar-refractivity contribution < 1.29 is 19.4 Å². The molecule has 0 saturated carbocycles. The number of nitrogens with zero attached hydrogens (tertiary/aromatic N) is 2. The Morgan fingerprint density at radius 3 is 2.72 bits per heavy atom. The van der Waals surface area contributed by atoms with Crippen LogP contribution in [0.2, 0.25) is 0 Å². The molecule has 2 N–H and O–H groups in total. The van der Waals surface area contributed by atoms with E-state index in [1.54, 1.807) is 6.07 Å². The lowest BCUT2D eigenvalue weighted by Crippen LogP contribution is -2.31. The lowest BCUT2D eigenvalue weighted by atomic mass is 10.1. The Balaban J connectivity index is 2.17. The number of aliphatic hydroxyl groups is 1. The van der Waals surface area contributed by atoms with E-state index >= 15 is 0 Å². The first-order chi connectivity index (χ1) is 11.9. The topological polar surface area (TPSA) is 73.7 Å². The molecule has 0 bridgehead atoms. The maximum absolute atomic E-state index is 14.4. The summed E-state index contributed by atoms with van der Waals surface area (Å²) in [5.41, 5.74) is 2.46. The van der Waals surface area contributed by atoms with E-state index in [2.05, 4.69) is 20.9 Å². The number of benzene rings is 1. The largest absolute Gasteiger partial charge is 0.465 e. The number of rotatable bonds is 6. The van der Waals surface area contributed by atoms with E-state index in [9.17, 15) is 9.18 Å². The fourth-order valence-corrected chi connectivity index (χ4v) is 2.62. The van der Waals surface area contributed by atoms with Crippen LogP contribution in [0.1, 0.15) is 22.4 Å². The molecule has 2 aromatic rings. The highest BCUT2D eigenvalue weighted by molar-refractivity contribution is 9.10. The summed E-state index contributed by atoms with van der Waals surface area (Å²) in [5.74, 6) is -0.474. The minimum Gasteiger partial charge on any atom is -0.465 e. The molecule has 0 aliphatic heterocycles. The third-order valence-corrected chi connectivity index (χ3v) is 4.53. The van der Waals surface area contributed by atoms with Crippen LogP contribution in [0.25, 0.3) is 11.9 Å². The molecule has 0 fully saturated rings. The van der Waals surface area contributed by atoms with Gasteiger partial charge >= 0.3 is 6.09 Å². The van der Waals surface area contributed by atoms with Crippen molar-refractivity contribution in [2.45, 2.75) is 13.5 Å². The first-order valence-electron chi connectivity index (χ1n) is 7.58. The number of aliphatic hydroxyl groups excluding tert-OH is 1. The molecule has 0 spiro atoms. The Hall–Kier alpha value is -2.25. The minimum atomic E-state index is -1.13. The van der Waals surface area contributed by atoms with Gasteiger partial charge in [-0.1, -0.05) is 34.1 Å². The number of carboxylic acid groups (broad SMARTS) is 1. The first-order valence-corrected chi connectivity index (χ1v) is 8.38. The second-order valence-electron chi connectivity index (χ2n) is 5.43. The molecule has 1 heterocycles. The van der Waals surface area contributed by atoms with Gasteiger partial charge in [-0.15, -0.1) is 0 Å². The van der Waals surface area contributed by atoms with Crippen molar-refractivity contribution in [2.24, 2.45) is 0 Å². The van der Waals surface area contributed by atoms with Crippen LogP contribution in [0, 0.1) is 6.92 Å². The van der Waals surface area contributed by atoms with Crippen LogP contribution in [-0.2, 0) is 6.54 Å². The number of halogens is 2. The molecule has 0 aliphatic rings. The van der Waals surface area contributed by atoms with Gasteiger partial charge in [-0.05, 0) is 41.8 Å². The molecule has 25 heavy (non-hydrogen) atoms. The van der Waals surface area contributed by atoms with E-state index in [-0.39, 0.29) is 25.4 Å². The summed E-state index contributed by atoms with van der Waals surface area (Å²) >= 11 is 3.41. The predicted molar refractivity (Wildman–Crippen MR) is 97.6 cm³/mol. The van der Waals surface area contributed by atoms with E-state index in [0.717, 1.165) is 20.5 Å². The SMILES string of the molecule is Cc1c(Br)cccc1C=C(F)c1ccc(CN(CCO)C(=O)O)cn1. The van der Waals surface area contributed by atoms with Crippen molar-refractivity contribution in [3.63, 3.8) is 0 Å². The zero-order valence-corrected chi connectivity index (χ0v) is 15.2. The van der Waals surface area contributed by atoms with E-state index < -0.39 is 11.9 Å². The summed E-state index contributed by atoms with van der Waals surface area (Å²) < 4.78 is 15.3. The van der Waals surface area contributed by atoms with Crippen molar-refractivity contribution in [3.05, 3.63) is 63.4 Å². The Kier molecular flexibility index (Phi) is 6.66. The average Bonchev–Trinajstić information content (AvgIpc) is 2.59. The van der Waals surface area contributed by atoms with Crippen LogP contribution < -0.4 is 0 Å². The average molecular weight is 409 g/mol. The van der Waals surface area contributed by atoms with Crippen molar-refractivity contribution in [3.8, 4) is 0 Å². The smallest absolute Gasteiger partial charge is 0.407 e. The van der Waals surface area contributed by atoms with Gasteiger partial charge in [0.2, 0.25) is 0 Å². The molecule has 2 rings (SSSR count). The molecule has 0 atom stereocenters. The predicted octanol–water partition coefficient (Wildman–Crippen LogP) is 4.09. The quantitative estimate of drug-likeness (QED) is 0.754. The Morgan fingerprint density at radius 2 is 2.12 bits per heavy atom. The first kappa shape index (κ1) is 19.1.